The van der Waals surface area contributed by atoms with Crippen molar-refractivity contribution < 1.29 is 18.0 Å². The summed E-state index contributed by atoms with van der Waals surface area (Å²) in [6, 6.07) is 12.7. The van der Waals surface area contributed by atoms with E-state index in [4.69, 9.17) is 0 Å². The molecule has 0 radical (unpaired) electrons. The average molecular weight is 500 g/mol. The first-order valence-corrected chi connectivity index (χ1v) is 12.2. The molecule has 3 heterocycles. The molecule has 0 saturated heterocycles. The fraction of sp³-hybridized carbons (Fsp3) is 0.308. The Bertz CT molecular complexity index is 1380. The number of pyridine rings is 1. The second kappa shape index (κ2) is 8.48. The van der Waals surface area contributed by atoms with Crippen LogP contribution in [0.25, 0.3) is 0 Å². The Balaban J connectivity index is 1.79. The molecule has 0 saturated carbocycles. The average Bonchev–Trinajstić information content (AvgIpc) is 2.98. The molecule has 35 heavy (non-hydrogen) atoms. The highest BCUT2D eigenvalue weighted by Crippen LogP contribution is 2.44. The van der Waals surface area contributed by atoms with Crippen molar-refractivity contribution in [1.82, 2.24) is 9.58 Å². The van der Waals surface area contributed by atoms with Crippen LogP contribution in [-0.2, 0) is 5.75 Å². The second-order valence-electron chi connectivity index (χ2n) is 8.95. The van der Waals surface area contributed by atoms with Gasteiger partial charge in [-0.05, 0) is 43.0 Å². The topological polar surface area (TPSA) is 45.6 Å². The van der Waals surface area contributed by atoms with Crippen LogP contribution in [0.1, 0.15) is 51.3 Å². The molecule has 1 amide bonds. The molecule has 1 aromatic heterocycles. The second-order valence-corrected chi connectivity index (χ2v) is 9.94. The summed E-state index contributed by atoms with van der Waals surface area (Å²) in [4.78, 5) is 27.7. The van der Waals surface area contributed by atoms with Gasteiger partial charge in [0, 0.05) is 28.5 Å². The Morgan fingerprint density at radius 1 is 1.00 bits per heavy atom. The molecule has 0 bridgehead atoms. The maximum atomic E-state index is 13.8. The van der Waals surface area contributed by atoms with Crippen LogP contribution in [0, 0.1) is 13.8 Å². The predicted octanol–water partition coefficient (Wildman–Crippen LogP) is 5.16. The summed E-state index contributed by atoms with van der Waals surface area (Å²) in [5.74, 6) is -0.0854. The minimum absolute atomic E-state index is 0.0385. The zero-order valence-corrected chi connectivity index (χ0v) is 20.3. The van der Waals surface area contributed by atoms with Crippen LogP contribution in [0.15, 0.2) is 64.4 Å². The number of fused-ring (bicyclic) bond motifs is 3. The number of amides is 1. The summed E-state index contributed by atoms with van der Waals surface area (Å²) in [5, 5.41) is 1.77. The molecular weight excluding hydrogens is 475 g/mol. The van der Waals surface area contributed by atoms with Crippen molar-refractivity contribution in [2.24, 2.45) is 0 Å². The van der Waals surface area contributed by atoms with Crippen molar-refractivity contribution in [1.29, 1.82) is 0 Å². The largest absolute Gasteiger partial charge is 0.408 e. The molecule has 2 atom stereocenters. The number of aromatic nitrogens is 1. The smallest absolute Gasteiger partial charge is 0.306 e. The highest BCUT2D eigenvalue weighted by atomic mass is 32.2. The number of benzene rings is 2. The van der Waals surface area contributed by atoms with Gasteiger partial charge in [0.2, 0.25) is 0 Å². The lowest BCUT2D eigenvalue weighted by Crippen LogP contribution is -2.60. The number of hydrogen-bond acceptors (Lipinski definition) is 4. The first kappa shape index (κ1) is 23.5. The van der Waals surface area contributed by atoms with Gasteiger partial charge in [0.25, 0.3) is 5.91 Å². The Hall–Kier alpha value is -3.20. The Morgan fingerprint density at radius 3 is 2.46 bits per heavy atom. The molecule has 5 rings (SSSR count). The SMILES string of the molecule is Cc1cccc2c1SCc1ccccc1[C@@H]2N1CN([C@H](C)C(F)(F)F)C(=O)c2c(C)c(=O)ccn21. The monoisotopic (exact) mass is 499 g/mol. The normalized spacial score (nSPS) is 18.5. The molecule has 5 nitrogen and oxygen atoms in total. The zero-order chi connectivity index (χ0) is 25.1. The van der Waals surface area contributed by atoms with Crippen molar-refractivity contribution in [3.8, 4) is 0 Å². The Kier molecular flexibility index (Phi) is 5.70. The lowest BCUT2D eigenvalue weighted by Gasteiger charge is -2.46. The molecule has 0 aliphatic carbocycles. The fourth-order valence-electron chi connectivity index (χ4n) is 4.86. The van der Waals surface area contributed by atoms with E-state index in [2.05, 4.69) is 0 Å². The molecule has 2 aliphatic heterocycles. The molecule has 9 heteroatoms. The van der Waals surface area contributed by atoms with Gasteiger partial charge in [-0.25, -0.2) is 0 Å². The van der Waals surface area contributed by atoms with Gasteiger partial charge in [0.15, 0.2) is 5.43 Å². The molecule has 182 valence electrons. The lowest BCUT2D eigenvalue weighted by atomic mass is 9.93. The number of halogens is 3. The van der Waals surface area contributed by atoms with Crippen LogP contribution < -0.4 is 10.4 Å². The molecule has 0 fully saturated rings. The highest BCUT2D eigenvalue weighted by molar-refractivity contribution is 7.98. The zero-order valence-electron chi connectivity index (χ0n) is 19.5. The number of hydrogen-bond donors (Lipinski definition) is 0. The van der Waals surface area contributed by atoms with Crippen molar-refractivity contribution in [2.75, 3.05) is 11.7 Å². The molecule has 0 spiro atoms. The third-order valence-electron chi connectivity index (χ3n) is 6.86. The molecule has 0 N–H and O–H groups in total. The summed E-state index contributed by atoms with van der Waals surface area (Å²) in [7, 11) is 0. The van der Waals surface area contributed by atoms with Crippen LogP contribution in [-0.4, -0.2) is 34.4 Å². The molecular formula is C26H24F3N3O2S. The molecule has 2 aromatic carbocycles. The lowest BCUT2D eigenvalue weighted by molar-refractivity contribution is -0.173. The number of rotatable bonds is 2. The van der Waals surface area contributed by atoms with Crippen molar-refractivity contribution in [3.63, 3.8) is 0 Å². The van der Waals surface area contributed by atoms with Crippen LogP contribution >= 0.6 is 11.8 Å². The van der Waals surface area contributed by atoms with E-state index < -0.39 is 24.2 Å². The standard InChI is InChI=1S/C26H24F3N3O2S/c1-15-7-6-10-20-23(19-9-5-4-8-18(19)13-35-24(15)20)32-14-30(17(3)26(27,28)29)25(34)22-16(2)21(33)11-12-31(22)32/h4-12,17,23H,13-14H2,1-3H3/t17-,23+/m1/s1. The molecule has 2 aliphatic rings. The van der Waals surface area contributed by atoms with Gasteiger partial charge in [-0.3, -0.25) is 19.3 Å². The van der Waals surface area contributed by atoms with Gasteiger partial charge >= 0.3 is 6.18 Å². The minimum Gasteiger partial charge on any atom is -0.306 e. The summed E-state index contributed by atoms with van der Waals surface area (Å²) in [6.07, 6.45) is -3.12. The minimum atomic E-state index is -4.61. The van der Waals surface area contributed by atoms with E-state index in [-0.39, 0.29) is 23.4 Å². The fourth-order valence-corrected chi connectivity index (χ4v) is 6.07. The van der Waals surface area contributed by atoms with E-state index >= 15 is 0 Å². The van der Waals surface area contributed by atoms with Crippen LogP contribution in [0.5, 0.6) is 0 Å². The van der Waals surface area contributed by atoms with E-state index in [1.807, 2.05) is 49.4 Å². The van der Waals surface area contributed by atoms with E-state index in [0.717, 1.165) is 44.7 Å². The molecule has 3 aromatic rings. The number of alkyl halides is 3. The summed E-state index contributed by atoms with van der Waals surface area (Å²) in [6.45, 7) is 4.20. The number of carbonyl (C=O) groups excluding carboxylic acids is 1. The van der Waals surface area contributed by atoms with Gasteiger partial charge in [-0.2, -0.15) is 13.2 Å². The third-order valence-corrected chi connectivity index (χ3v) is 8.16. The quantitative estimate of drug-likeness (QED) is 0.489. The van der Waals surface area contributed by atoms with E-state index in [1.165, 1.54) is 19.2 Å². The predicted molar refractivity (Wildman–Crippen MR) is 129 cm³/mol. The molecule has 0 unspecified atom stereocenters. The van der Waals surface area contributed by atoms with Gasteiger partial charge < -0.3 is 4.90 Å². The maximum Gasteiger partial charge on any atom is 0.408 e. The number of nitrogens with zero attached hydrogens (tertiary/aromatic N) is 3. The summed E-state index contributed by atoms with van der Waals surface area (Å²) >= 11 is 1.70. The van der Waals surface area contributed by atoms with Crippen LogP contribution in [0.3, 0.4) is 0 Å². The van der Waals surface area contributed by atoms with Gasteiger partial charge in [0.1, 0.15) is 18.4 Å². The third kappa shape index (κ3) is 3.82. The number of aryl methyl sites for hydroxylation is 1. The van der Waals surface area contributed by atoms with Gasteiger partial charge in [0.05, 0.1) is 6.04 Å². The van der Waals surface area contributed by atoms with Gasteiger partial charge in [-0.15, -0.1) is 11.8 Å². The number of carbonyl (C=O) groups is 1. The first-order chi connectivity index (χ1) is 16.6. The van der Waals surface area contributed by atoms with Crippen LogP contribution in [0.4, 0.5) is 13.2 Å². The van der Waals surface area contributed by atoms with Crippen molar-refractivity contribution in [3.05, 3.63) is 98.5 Å². The Labute approximate surface area is 205 Å². The van der Waals surface area contributed by atoms with Crippen molar-refractivity contribution in [2.45, 2.75) is 49.7 Å². The summed E-state index contributed by atoms with van der Waals surface area (Å²) in [5.41, 5.74) is 3.77. The van der Waals surface area contributed by atoms with E-state index in [1.54, 1.807) is 21.4 Å². The van der Waals surface area contributed by atoms with Crippen molar-refractivity contribution >= 4 is 17.7 Å². The Morgan fingerprint density at radius 2 is 1.71 bits per heavy atom. The highest BCUT2D eigenvalue weighted by Gasteiger charge is 2.47. The van der Waals surface area contributed by atoms with Gasteiger partial charge in [-0.1, -0.05) is 42.5 Å². The first-order valence-electron chi connectivity index (χ1n) is 11.3. The number of thioether (sulfide) groups is 1. The van der Waals surface area contributed by atoms with E-state index in [9.17, 15) is 22.8 Å². The van der Waals surface area contributed by atoms with Crippen LogP contribution in [0.2, 0.25) is 0 Å². The maximum absolute atomic E-state index is 13.8. The summed E-state index contributed by atoms with van der Waals surface area (Å²) < 4.78 is 43.1. The van der Waals surface area contributed by atoms with E-state index in [0.29, 0.717) is 0 Å².